The zero-order valence-corrected chi connectivity index (χ0v) is 9.19. The van der Waals surface area contributed by atoms with Crippen LogP contribution >= 0.6 is 15.9 Å². The van der Waals surface area contributed by atoms with Gasteiger partial charge < -0.3 is 5.32 Å². The number of rotatable bonds is 4. The predicted octanol–water partition coefficient (Wildman–Crippen LogP) is 1.11. The van der Waals surface area contributed by atoms with Crippen LogP contribution in [0, 0.1) is 5.41 Å². The van der Waals surface area contributed by atoms with Crippen LogP contribution in [0.4, 0.5) is 0 Å². The highest BCUT2D eigenvalue weighted by Gasteiger charge is 2.26. The minimum atomic E-state index is -0.477. The monoisotopic (exact) mass is 235 g/mol. The van der Waals surface area contributed by atoms with Crippen molar-refractivity contribution in [3.63, 3.8) is 0 Å². The van der Waals surface area contributed by atoms with Crippen molar-refractivity contribution in [2.75, 3.05) is 11.9 Å². The van der Waals surface area contributed by atoms with Crippen molar-refractivity contribution < 1.29 is 9.59 Å². The van der Waals surface area contributed by atoms with E-state index in [0.717, 1.165) is 0 Å². The van der Waals surface area contributed by atoms with Gasteiger partial charge in [0.2, 0.25) is 5.91 Å². The van der Waals surface area contributed by atoms with Crippen LogP contribution in [0.3, 0.4) is 0 Å². The molecule has 0 saturated carbocycles. The van der Waals surface area contributed by atoms with Gasteiger partial charge in [-0.3, -0.25) is 9.59 Å². The summed E-state index contributed by atoms with van der Waals surface area (Å²) < 4.78 is 0. The maximum Gasteiger partial charge on any atom is 0.216 e. The molecule has 0 atom stereocenters. The van der Waals surface area contributed by atoms with E-state index in [9.17, 15) is 9.59 Å². The number of nitrogens with one attached hydrogen (secondary N) is 1. The molecule has 0 radical (unpaired) electrons. The van der Waals surface area contributed by atoms with Crippen LogP contribution in [-0.4, -0.2) is 23.6 Å². The van der Waals surface area contributed by atoms with Gasteiger partial charge in [-0.1, -0.05) is 29.8 Å². The number of halogens is 1. The Morgan fingerprint density at radius 1 is 1.42 bits per heavy atom. The molecule has 1 N–H and O–H groups in total. The van der Waals surface area contributed by atoms with Gasteiger partial charge in [-0.05, 0) is 0 Å². The lowest BCUT2D eigenvalue weighted by molar-refractivity contribution is -0.125. The van der Waals surface area contributed by atoms with Crippen molar-refractivity contribution in [1.82, 2.24) is 5.32 Å². The fourth-order valence-corrected chi connectivity index (χ4v) is 1.38. The summed E-state index contributed by atoms with van der Waals surface area (Å²) in [5.74, 6) is -0.0123. The van der Waals surface area contributed by atoms with Crippen molar-refractivity contribution in [3.05, 3.63) is 0 Å². The lowest BCUT2D eigenvalue weighted by Crippen LogP contribution is -2.38. The number of alkyl halides is 1. The van der Waals surface area contributed by atoms with Crippen molar-refractivity contribution >= 4 is 27.6 Å². The van der Waals surface area contributed by atoms with Crippen molar-refractivity contribution in [2.24, 2.45) is 5.41 Å². The Balaban J connectivity index is 4.03. The number of ketones is 1. The molecule has 0 aromatic carbocycles. The molecule has 0 saturated heterocycles. The largest absolute Gasteiger partial charge is 0.355 e. The summed E-state index contributed by atoms with van der Waals surface area (Å²) in [6, 6.07) is 0. The molecule has 0 aliphatic carbocycles. The van der Waals surface area contributed by atoms with Gasteiger partial charge in [0.1, 0.15) is 0 Å². The minimum absolute atomic E-state index is 0.0938. The average molecular weight is 236 g/mol. The second-order valence-electron chi connectivity index (χ2n) is 3.35. The van der Waals surface area contributed by atoms with E-state index < -0.39 is 5.41 Å². The third kappa shape index (κ3) is 3.85. The summed E-state index contributed by atoms with van der Waals surface area (Å²) >= 11 is 3.10. The second-order valence-corrected chi connectivity index (χ2v) is 3.91. The Hall–Kier alpha value is -0.380. The number of hydrogen-bond acceptors (Lipinski definition) is 2. The SMILES string of the molecule is CC(=O)NCC(C)(C)C(=O)CBr. The molecule has 0 unspecified atom stereocenters. The topological polar surface area (TPSA) is 46.2 Å². The molecule has 0 rings (SSSR count). The molecular formula is C8H14BrNO2. The number of hydrogen-bond donors (Lipinski definition) is 1. The maximum absolute atomic E-state index is 11.2. The van der Waals surface area contributed by atoms with E-state index >= 15 is 0 Å². The van der Waals surface area contributed by atoms with Crippen LogP contribution in [0.5, 0.6) is 0 Å². The fourth-order valence-electron chi connectivity index (χ4n) is 0.625. The predicted molar refractivity (Wildman–Crippen MR) is 51.3 cm³/mol. The molecule has 4 heteroatoms. The van der Waals surface area contributed by atoms with Crippen LogP contribution in [0.2, 0.25) is 0 Å². The highest BCUT2D eigenvalue weighted by molar-refractivity contribution is 9.09. The molecular weight excluding hydrogens is 222 g/mol. The van der Waals surface area contributed by atoms with Gasteiger partial charge in [-0.2, -0.15) is 0 Å². The lowest BCUT2D eigenvalue weighted by atomic mass is 9.89. The first kappa shape index (κ1) is 11.6. The van der Waals surface area contributed by atoms with Crippen molar-refractivity contribution in [2.45, 2.75) is 20.8 Å². The zero-order valence-electron chi connectivity index (χ0n) is 7.61. The molecule has 0 aromatic rings. The van der Waals surface area contributed by atoms with Crippen LogP contribution in [-0.2, 0) is 9.59 Å². The summed E-state index contributed by atoms with van der Waals surface area (Å²) in [5.41, 5.74) is -0.477. The number of carbonyl (C=O) groups excluding carboxylic acids is 2. The van der Waals surface area contributed by atoms with E-state index in [1.165, 1.54) is 6.92 Å². The number of amides is 1. The highest BCUT2D eigenvalue weighted by atomic mass is 79.9. The van der Waals surface area contributed by atoms with Crippen molar-refractivity contribution in [1.29, 1.82) is 0 Å². The second kappa shape index (κ2) is 4.60. The summed E-state index contributed by atoms with van der Waals surface area (Å²) in [7, 11) is 0. The Morgan fingerprint density at radius 3 is 2.25 bits per heavy atom. The summed E-state index contributed by atoms with van der Waals surface area (Å²) in [5, 5.41) is 2.95. The molecule has 3 nitrogen and oxygen atoms in total. The molecule has 0 aliphatic rings. The van der Waals surface area contributed by atoms with Gasteiger partial charge in [0.15, 0.2) is 5.78 Å². The molecule has 0 aromatic heterocycles. The Kier molecular flexibility index (Phi) is 4.45. The first-order valence-corrected chi connectivity index (χ1v) is 4.86. The first-order chi connectivity index (χ1) is 5.40. The van der Waals surface area contributed by atoms with Gasteiger partial charge in [0.25, 0.3) is 0 Å². The third-order valence-corrected chi connectivity index (χ3v) is 2.16. The van der Waals surface area contributed by atoms with E-state index in [-0.39, 0.29) is 11.7 Å². The normalized spacial score (nSPS) is 11.0. The van der Waals surface area contributed by atoms with E-state index in [4.69, 9.17) is 0 Å². The minimum Gasteiger partial charge on any atom is -0.355 e. The average Bonchev–Trinajstić information content (AvgIpc) is 1.99. The summed E-state index contributed by atoms with van der Waals surface area (Å²) in [6.07, 6.45) is 0. The van der Waals surface area contributed by atoms with E-state index in [0.29, 0.717) is 11.9 Å². The van der Waals surface area contributed by atoms with E-state index in [2.05, 4.69) is 21.2 Å². The third-order valence-electron chi connectivity index (χ3n) is 1.66. The van der Waals surface area contributed by atoms with E-state index in [1.54, 1.807) is 0 Å². The van der Waals surface area contributed by atoms with Gasteiger partial charge in [0, 0.05) is 18.9 Å². The first-order valence-electron chi connectivity index (χ1n) is 3.74. The number of carbonyl (C=O) groups is 2. The van der Waals surface area contributed by atoms with Crippen molar-refractivity contribution in [3.8, 4) is 0 Å². The van der Waals surface area contributed by atoms with Gasteiger partial charge in [0.05, 0.1) is 5.33 Å². The van der Waals surface area contributed by atoms with Crippen LogP contribution < -0.4 is 5.32 Å². The smallest absolute Gasteiger partial charge is 0.216 e. The molecule has 0 spiro atoms. The van der Waals surface area contributed by atoms with Gasteiger partial charge in [-0.15, -0.1) is 0 Å². The molecule has 0 fully saturated rings. The Bertz CT molecular complexity index is 189. The van der Waals surface area contributed by atoms with Gasteiger partial charge in [-0.25, -0.2) is 0 Å². The zero-order chi connectivity index (χ0) is 9.78. The molecule has 0 aliphatic heterocycles. The quantitative estimate of drug-likeness (QED) is 0.743. The molecule has 1 amide bonds. The van der Waals surface area contributed by atoms with Gasteiger partial charge >= 0.3 is 0 Å². The number of Topliss-reactive ketones (excluding diaryl/α,β-unsaturated/α-hetero) is 1. The molecule has 0 bridgehead atoms. The van der Waals surface area contributed by atoms with E-state index in [1.807, 2.05) is 13.8 Å². The maximum atomic E-state index is 11.2. The van der Waals surface area contributed by atoms with Crippen LogP contribution in [0.25, 0.3) is 0 Å². The van der Waals surface area contributed by atoms with Crippen LogP contribution in [0.15, 0.2) is 0 Å². The lowest BCUT2D eigenvalue weighted by Gasteiger charge is -2.21. The summed E-state index contributed by atoms with van der Waals surface area (Å²) in [6.45, 7) is 5.46. The van der Waals surface area contributed by atoms with Crippen LogP contribution in [0.1, 0.15) is 20.8 Å². The standard InChI is InChI=1S/C8H14BrNO2/c1-6(11)10-5-8(2,3)7(12)4-9/h4-5H2,1-3H3,(H,10,11). The molecule has 12 heavy (non-hydrogen) atoms. The fraction of sp³-hybridized carbons (Fsp3) is 0.750. The highest BCUT2D eigenvalue weighted by Crippen LogP contribution is 2.16. The Morgan fingerprint density at radius 2 is 1.92 bits per heavy atom. The molecule has 0 heterocycles. The molecule has 70 valence electrons. The summed E-state index contributed by atoms with van der Waals surface area (Å²) in [4.78, 5) is 21.8. The Labute approximate surface area is 81.0 Å².